The van der Waals surface area contributed by atoms with E-state index in [1.807, 2.05) is 207 Å². The van der Waals surface area contributed by atoms with Crippen molar-refractivity contribution in [3.63, 3.8) is 0 Å². The molecule has 0 fully saturated rings. The molecular formula is C121H77N8O3P3. The lowest BCUT2D eigenvalue weighted by atomic mass is 10.0. The molecule has 3 aliphatic rings. The average Bonchev–Trinajstić information content (AvgIpc) is 1.54. The van der Waals surface area contributed by atoms with Gasteiger partial charge in [0.25, 0.3) is 0 Å². The second-order valence-electron chi connectivity index (χ2n) is 34.6. The third kappa shape index (κ3) is 12.3. The van der Waals surface area contributed by atoms with Gasteiger partial charge in [-0.05, 0) is 138 Å². The van der Waals surface area contributed by atoms with Gasteiger partial charge in [0, 0.05) is 165 Å². The summed E-state index contributed by atoms with van der Waals surface area (Å²) in [6, 6.07) is 156. The van der Waals surface area contributed by atoms with E-state index >= 15 is 13.7 Å². The standard InChI is InChI=1S/C44H28N3OP.C39H25N2OP.C38H24N3OP/c48-49(32-15-5-2-6-16-32)39-22-12-9-19-36(39)41-40(49)28-27-34-33-17-8-11-21-38(33)47(43(34)41)31-25-23-30(24-26-31)44-45-37-20-10-7-18-35(37)42(46-44)29-13-3-1-4-14-29;42-43(29-12-2-1-3-13-29)35-18-7-5-15-33(35)37-36(43)24-23-32-31-14-4-6-17-34(31)41(39(32)37)28-21-19-26(20-22-28)30-16-8-10-27-11-9-25-40-38(27)30;42-43(28-11-2-1-3-12-28)34-17-9-6-14-31(34)36-35(43)23-22-30-29-13-5-8-16-33(29)41(37(30)36)27-20-18-25(19-21-27)38-39-24-26-10-4-7-15-32(26)40-38/h1-28H;1-25H;1-24H. The average molecular weight is 1780 g/mol. The summed E-state index contributed by atoms with van der Waals surface area (Å²) in [5.41, 5.74) is 25.0. The van der Waals surface area contributed by atoms with Gasteiger partial charge in [-0.3, -0.25) is 4.98 Å². The van der Waals surface area contributed by atoms with Crippen LogP contribution in [-0.2, 0) is 13.7 Å². The molecule has 14 heteroatoms. The molecule has 28 rings (SSSR count). The predicted molar refractivity (Wildman–Crippen MR) is 561 cm³/mol. The Bertz CT molecular complexity index is 9340. The van der Waals surface area contributed by atoms with Gasteiger partial charge < -0.3 is 27.4 Å². The predicted octanol–water partition coefficient (Wildman–Crippen LogP) is 26.3. The van der Waals surface area contributed by atoms with Gasteiger partial charge in [0.2, 0.25) is 0 Å². The first-order chi connectivity index (χ1) is 66.6. The van der Waals surface area contributed by atoms with Crippen molar-refractivity contribution in [1.82, 2.24) is 38.6 Å². The van der Waals surface area contributed by atoms with E-state index in [1.165, 1.54) is 10.8 Å². The molecule has 0 N–H and O–H groups in total. The lowest BCUT2D eigenvalue weighted by Gasteiger charge is -2.16. The summed E-state index contributed by atoms with van der Waals surface area (Å²) in [5, 5.41) is 18.2. The Labute approximate surface area is 777 Å². The number of hydrogen-bond donors (Lipinski definition) is 0. The first kappa shape index (κ1) is 79.3. The van der Waals surface area contributed by atoms with Gasteiger partial charge in [0.1, 0.15) is 0 Å². The molecule has 19 aromatic carbocycles. The largest absolute Gasteiger partial charge is 0.309 e. The number of pyridine rings is 1. The van der Waals surface area contributed by atoms with Gasteiger partial charge in [-0.2, -0.15) is 0 Å². The molecule has 11 nitrogen and oxygen atoms in total. The number of rotatable bonds is 10. The van der Waals surface area contributed by atoms with E-state index in [-0.39, 0.29) is 0 Å². The van der Waals surface area contributed by atoms with Gasteiger partial charge in [0.15, 0.2) is 33.1 Å². The van der Waals surface area contributed by atoms with E-state index < -0.39 is 21.4 Å². The molecular weight excluding hydrogens is 1710 g/mol. The Morgan fingerprint density at radius 3 is 1.02 bits per heavy atom. The van der Waals surface area contributed by atoms with Crippen molar-refractivity contribution in [3.8, 4) is 95.6 Å². The van der Waals surface area contributed by atoms with Crippen molar-refractivity contribution < 1.29 is 13.7 Å². The maximum Gasteiger partial charge on any atom is 0.172 e. The van der Waals surface area contributed by atoms with Crippen LogP contribution in [0, 0.1) is 0 Å². The normalized spacial score (nSPS) is 15.4. The van der Waals surface area contributed by atoms with E-state index in [1.54, 1.807) is 0 Å². The Morgan fingerprint density at radius 2 is 0.563 bits per heavy atom. The van der Waals surface area contributed by atoms with Crippen LogP contribution in [0.1, 0.15) is 0 Å². The molecule has 0 radical (unpaired) electrons. The minimum absolute atomic E-state index is 0.685. The van der Waals surface area contributed by atoms with Crippen molar-refractivity contribution in [1.29, 1.82) is 0 Å². The van der Waals surface area contributed by atoms with Gasteiger partial charge in [-0.15, -0.1) is 0 Å². The SMILES string of the molecule is O=P1(c2ccccc2)c2ccccc2-c2c1ccc1c3ccccc3n(-c3ccc(-c4cccc5cccnc45)cc3)c21.O=P1(c2ccccc2)c2ccccc2-c2c1ccc1c3ccccc3n(-c3ccc(-c4nc(-c5ccccc5)c5ccccc5n4)cc3)c21.O=P1(c2ccccc2)c2ccccc2-c2c1ccc1c3ccccc3n(-c3ccc(-c4ncc5ccccc5n4)cc3)c21. The molecule has 3 aliphatic heterocycles. The van der Waals surface area contributed by atoms with Crippen LogP contribution < -0.4 is 47.7 Å². The van der Waals surface area contributed by atoms with Crippen LogP contribution in [0.3, 0.4) is 0 Å². The topological polar surface area (TPSA) is 130 Å². The molecule has 0 saturated carbocycles. The molecule has 25 aromatic rings. The second kappa shape index (κ2) is 31.6. The number of benzene rings is 19. The van der Waals surface area contributed by atoms with Crippen LogP contribution in [0.5, 0.6) is 0 Å². The molecule has 634 valence electrons. The summed E-state index contributed by atoms with van der Waals surface area (Å²) in [4.78, 5) is 24.2. The van der Waals surface area contributed by atoms with Crippen LogP contribution in [0.2, 0.25) is 0 Å². The van der Waals surface area contributed by atoms with Crippen molar-refractivity contribution in [3.05, 3.63) is 467 Å². The fraction of sp³-hybridized carbons (Fsp3) is 0. The number of para-hydroxylation sites is 6. The van der Waals surface area contributed by atoms with E-state index in [0.29, 0.717) is 11.6 Å². The third-order valence-electron chi connectivity index (χ3n) is 27.3. The highest BCUT2D eigenvalue weighted by Gasteiger charge is 2.46. The van der Waals surface area contributed by atoms with Crippen molar-refractivity contribution in [2.75, 3.05) is 0 Å². The van der Waals surface area contributed by atoms with Crippen molar-refractivity contribution in [2.24, 2.45) is 0 Å². The molecule has 0 amide bonds. The maximum absolute atomic E-state index is 15.4. The highest BCUT2D eigenvalue weighted by Crippen LogP contribution is 2.59. The van der Waals surface area contributed by atoms with Crippen LogP contribution in [-0.4, -0.2) is 38.6 Å². The van der Waals surface area contributed by atoms with E-state index in [4.69, 9.17) is 15.0 Å². The van der Waals surface area contributed by atoms with Crippen molar-refractivity contribution in [2.45, 2.75) is 0 Å². The number of hydrogen-bond acceptors (Lipinski definition) is 8. The zero-order valence-electron chi connectivity index (χ0n) is 72.6. The molecule has 0 aliphatic carbocycles. The third-order valence-corrected chi connectivity index (χ3v) is 36.8. The molecule has 0 bridgehead atoms. The zero-order chi connectivity index (χ0) is 89.6. The van der Waals surface area contributed by atoms with E-state index in [9.17, 15) is 0 Å². The summed E-state index contributed by atoms with van der Waals surface area (Å²) in [6.45, 7) is 0. The zero-order valence-corrected chi connectivity index (χ0v) is 75.3. The second-order valence-corrected chi connectivity index (χ2v) is 42.7. The van der Waals surface area contributed by atoms with Crippen LogP contribution in [0.25, 0.3) is 194 Å². The monoisotopic (exact) mass is 1780 g/mol. The summed E-state index contributed by atoms with van der Waals surface area (Å²) < 4.78 is 52.9. The molecule has 0 spiro atoms. The molecule has 3 atom stereocenters. The van der Waals surface area contributed by atoms with Gasteiger partial charge in [-0.1, -0.05) is 340 Å². The number of nitrogens with zero attached hydrogens (tertiary/aromatic N) is 8. The minimum Gasteiger partial charge on any atom is -0.309 e. The number of fused-ring (bicyclic) bond motifs is 24. The fourth-order valence-electron chi connectivity index (χ4n) is 21.3. The first-order valence-corrected chi connectivity index (χ1v) is 50.4. The first-order valence-electron chi connectivity index (χ1n) is 45.3. The van der Waals surface area contributed by atoms with Crippen molar-refractivity contribution >= 4 is 167 Å². The lowest BCUT2D eigenvalue weighted by molar-refractivity contribution is 0.592. The Kier molecular flexibility index (Phi) is 18.5. The van der Waals surface area contributed by atoms with Gasteiger partial charge in [0.05, 0.1) is 55.3 Å². The molecule has 3 unspecified atom stereocenters. The quantitative estimate of drug-likeness (QED) is 0.124. The number of aromatic nitrogens is 8. The summed E-state index contributed by atoms with van der Waals surface area (Å²) in [5.74, 6) is 1.39. The molecule has 0 saturated heterocycles. The van der Waals surface area contributed by atoms with Gasteiger partial charge >= 0.3 is 0 Å². The summed E-state index contributed by atoms with van der Waals surface area (Å²) in [6.07, 6.45) is 3.73. The highest BCUT2D eigenvalue weighted by atomic mass is 31.2. The van der Waals surface area contributed by atoms with Crippen LogP contribution >= 0.6 is 21.4 Å². The minimum atomic E-state index is -3.09. The molecule has 6 aromatic heterocycles. The smallest absolute Gasteiger partial charge is 0.172 e. The Balaban J connectivity index is 0.000000106. The Morgan fingerprint density at radius 1 is 0.215 bits per heavy atom. The summed E-state index contributed by atoms with van der Waals surface area (Å²) in [7, 11) is -9.20. The van der Waals surface area contributed by atoms with Crippen LogP contribution in [0.15, 0.2) is 467 Å². The molecule has 9 heterocycles. The summed E-state index contributed by atoms with van der Waals surface area (Å²) >= 11 is 0. The lowest BCUT2D eigenvalue weighted by Crippen LogP contribution is -2.20. The Hall–Kier alpha value is -16.6. The maximum atomic E-state index is 15.4. The van der Waals surface area contributed by atoms with E-state index in [0.717, 1.165) is 219 Å². The van der Waals surface area contributed by atoms with E-state index in [2.05, 4.69) is 285 Å². The van der Waals surface area contributed by atoms with Gasteiger partial charge in [-0.25, -0.2) is 19.9 Å². The van der Waals surface area contributed by atoms with Crippen LogP contribution in [0.4, 0.5) is 0 Å². The highest BCUT2D eigenvalue weighted by molar-refractivity contribution is 7.87. The fourth-order valence-corrected chi connectivity index (χ4v) is 30.5. The molecule has 135 heavy (non-hydrogen) atoms.